The van der Waals surface area contributed by atoms with Crippen LogP contribution in [0, 0.1) is 6.92 Å². The molecule has 2 amide bonds. The fourth-order valence-corrected chi connectivity index (χ4v) is 5.55. The first-order chi connectivity index (χ1) is 17.6. The first-order valence-electron chi connectivity index (χ1n) is 11.6. The first-order valence-corrected chi connectivity index (χ1v) is 13.8. The van der Waals surface area contributed by atoms with Crippen molar-refractivity contribution in [2.45, 2.75) is 31.3 Å². The summed E-state index contributed by atoms with van der Waals surface area (Å²) < 4.78 is 34.5. The Morgan fingerprint density at radius 3 is 2.32 bits per heavy atom. The number of hydrogen-bond donors (Lipinski definition) is 1. The van der Waals surface area contributed by atoms with Gasteiger partial charge in [-0.3, -0.25) is 13.9 Å². The molecular formula is C27H30BrN3O5S. The van der Waals surface area contributed by atoms with Crippen LogP contribution in [-0.4, -0.2) is 51.9 Å². The Bertz CT molecular complexity index is 1360. The van der Waals surface area contributed by atoms with Gasteiger partial charge in [0.25, 0.3) is 10.0 Å². The van der Waals surface area contributed by atoms with E-state index in [0.29, 0.717) is 15.9 Å². The Morgan fingerprint density at radius 1 is 1.03 bits per heavy atom. The van der Waals surface area contributed by atoms with Crippen molar-refractivity contribution in [3.8, 4) is 5.75 Å². The molecule has 1 N–H and O–H groups in total. The second-order valence-corrected chi connectivity index (χ2v) is 11.2. The van der Waals surface area contributed by atoms with Gasteiger partial charge in [-0.2, -0.15) is 0 Å². The summed E-state index contributed by atoms with van der Waals surface area (Å²) in [6.45, 7) is 3.05. The highest BCUT2D eigenvalue weighted by Gasteiger charge is 2.32. The second-order valence-electron chi connectivity index (χ2n) is 8.47. The number of sulfonamides is 1. The molecule has 0 bridgehead atoms. The number of halogens is 1. The van der Waals surface area contributed by atoms with Crippen molar-refractivity contribution in [2.24, 2.45) is 0 Å². The summed E-state index contributed by atoms with van der Waals surface area (Å²) in [5, 5.41) is 2.57. The van der Waals surface area contributed by atoms with Gasteiger partial charge in [-0.15, -0.1) is 0 Å². The zero-order valence-electron chi connectivity index (χ0n) is 21.1. The second kappa shape index (κ2) is 12.2. The van der Waals surface area contributed by atoms with E-state index >= 15 is 0 Å². The molecule has 10 heteroatoms. The number of nitrogens with one attached hydrogen (secondary N) is 1. The van der Waals surface area contributed by atoms with Gasteiger partial charge in [0.1, 0.15) is 18.3 Å². The van der Waals surface area contributed by atoms with Crippen molar-refractivity contribution in [3.05, 3.63) is 88.4 Å². The van der Waals surface area contributed by atoms with Gasteiger partial charge >= 0.3 is 0 Å². The standard InChI is InChI=1S/C27H30BrN3O5S/c1-19-11-13-25(14-12-19)37(34,35)31(23-9-6-8-22(28)16-23)18-26(32)30(20(2)27(33)29-3)17-21-7-5-10-24(15-21)36-4/h5-16,20H,17-18H2,1-4H3,(H,29,33). The van der Waals surface area contributed by atoms with Crippen LogP contribution in [0.5, 0.6) is 5.75 Å². The van der Waals surface area contributed by atoms with E-state index in [1.807, 2.05) is 13.0 Å². The van der Waals surface area contributed by atoms with Gasteiger partial charge in [-0.05, 0) is 61.9 Å². The number of carbonyl (C=O) groups excluding carboxylic acids is 2. The number of benzene rings is 3. The van der Waals surface area contributed by atoms with Crippen LogP contribution in [0.2, 0.25) is 0 Å². The Hall–Kier alpha value is -3.37. The van der Waals surface area contributed by atoms with E-state index in [-0.39, 0.29) is 17.3 Å². The zero-order chi connectivity index (χ0) is 27.2. The van der Waals surface area contributed by atoms with Crippen LogP contribution >= 0.6 is 15.9 Å². The highest BCUT2D eigenvalue weighted by atomic mass is 79.9. The summed E-state index contributed by atoms with van der Waals surface area (Å²) in [7, 11) is -1.08. The van der Waals surface area contributed by atoms with Gasteiger partial charge in [-0.25, -0.2) is 8.42 Å². The summed E-state index contributed by atoms with van der Waals surface area (Å²) in [6, 6.07) is 19.5. The molecule has 0 heterocycles. The maximum absolute atomic E-state index is 13.8. The monoisotopic (exact) mass is 587 g/mol. The van der Waals surface area contributed by atoms with Crippen molar-refractivity contribution in [3.63, 3.8) is 0 Å². The quantitative estimate of drug-likeness (QED) is 0.385. The number of aryl methyl sites for hydroxylation is 1. The number of likely N-dealkylation sites (N-methyl/N-ethyl adjacent to an activating group) is 1. The molecule has 0 fully saturated rings. The summed E-state index contributed by atoms with van der Waals surface area (Å²) >= 11 is 3.39. The molecule has 0 aromatic heterocycles. The predicted molar refractivity (Wildman–Crippen MR) is 147 cm³/mol. The van der Waals surface area contributed by atoms with Crippen LogP contribution in [0.3, 0.4) is 0 Å². The number of nitrogens with zero attached hydrogens (tertiary/aromatic N) is 2. The summed E-state index contributed by atoms with van der Waals surface area (Å²) in [5.74, 6) is -0.295. The smallest absolute Gasteiger partial charge is 0.264 e. The van der Waals surface area contributed by atoms with Crippen molar-refractivity contribution in [2.75, 3.05) is 25.0 Å². The molecule has 0 saturated carbocycles. The van der Waals surface area contributed by atoms with Gasteiger partial charge in [-0.1, -0.05) is 51.8 Å². The number of rotatable bonds is 10. The van der Waals surface area contributed by atoms with Gasteiger partial charge in [0, 0.05) is 18.1 Å². The predicted octanol–water partition coefficient (Wildman–Crippen LogP) is 4.12. The number of carbonyl (C=O) groups is 2. The lowest BCUT2D eigenvalue weighted by Crippen LogP contribution is -2.50. The third-order valence-electron chi connectivity index (χ3n) is 5.88. The Kier molecular flexibility index (Phi) is 9.34. The molecule has 196 valence electrons. The Labute approximate surface area is 226 Å². The minimum atomic E-state index is -4.11. The van der Waals surface area contributed by atoms with Gasteiger partial charge in [0.05, 0.1) is 17.7 Å². The van der Waals surface area contributed by atoms with E-state index in [2.05, 4.69) is 21.2 Å². The maximum atomic E-state index is 13.8. The molecular weight excluding hydrogens is 558 g/mol. The van der Waals surface area contributed by atoms with Crippen LogP contribution < -0.4 is 14.4 Å². The zero-order valence-corrected chi connectivity index (χ0v) is 23.5. The molecule has 37 heavy (non-hydrogen) atoms. The largest absolute Gasteiger partial charge is 0.497 e. The molecule has 0 aliphatic carbocycles. The molecule has 3 rings (SSSR count). The number of hydrogen-bond acceptors (Lipinski definition) is 5. The van der Waals surface area contributed by atoms with Crippen molar-refractivity contribution < 1.29 is 22.7 Å². The fourth-order valence-electron chi connectivity index (χ4n) is 3.76. The van der Waals surface area contributed by atoms with E-state index < -0.39 is 28.5 Å². The van der Waals surface area contributed by atoms with E-state index in [9.17, 15) is 18.0 Å². The highest BCUT2D eigenvalue weighted by Crippen LogP contribution is 2.27. The average Bonchev–Trinajstić information content (AvgIpc) is 2.89. The lowest BCUT2D eigenvalue weighted by Gasteiger charge is -2.32. The molecule has 3 aromatic rings. The van der Waals surface area contributed by atoms with E-state index in [1.165, 1.54) is 24.1 Å². The number of ether oxygens (including phenoxy) is 1. The molecule has 0 spiro atoms. The van der Waals surface area contributed by atoms with Crippen molar-refractivity contribution in [1.82, 2.24) is 10.2 Å². The van der Waals surface area contributed by atoms with Crippen molar-refractivity contribution >= 4 is 43.5 Å². The highest BCUT2D eigenvalue weighted by molar-refractivity contribution is 9.10. The van der Waals surface area contributed by atoms with Crippen LogP contribution in [0.25, 0.3) is 0 Å². The summed E-state index contributed by atoms with van der Waals surface area (Å²) in [4.78, 5) is 27.7. The number of anilines is 1. The third kappa shape index (κ3) is 6.90. The van der Waals surface area contributed by atoms with E-state index in [1.54, 1.807) is 68.6 Å². The van der Waals surface area contributed by atoms with E-state index in [0.717, 1.165) is 15.4 Å². The maximum Gasteiger partial charge on any atom is 0.264 e. The summed E-state index contributed by atoms with van der Waals surface area (Å²) in [5.41, 5.74) is 1.96. The van der Waals surface area contributed by atoms with Crippen molar-refractivity contribution in [1.29, 1.82) is 0 Å². The number of methoxy groups -OCH3 is 1. The average molecular weight is 589 g/mol. The fraction of sp³-hybridized carbons (Fsp3) is 0.259. The first kappa shape index (κ1) is 28.2. The van der Waals surface area contributed by atoms with Crippen LogP contribution in [0.15, 0.2) is 82.2 Å². The van der Waals surface area contributed by atoms with Crippen LogP contribution in [0.1, 0.15) is 18.1 Å². The van der Waals surface area contributed by atoms with E-state index in [4.69, 9.17) is 4.74 Å². The Morgan fingerprint density at radius 2 is 1.70 bits per heavy atom. The molecule has 3 aromatic carbocycles. The topological polar surface area (TPSA) is 96.0 Å². The molecule has 1 unspecified atom stereocenters. The van der Waals surface area contributed by atoms with Gasteiger partial charge in [0.15, 0.2) is 0 Å². The van der Waals surface area contributed by atoms with Gasteiger partial charge < -0.3 is 15.0 Å². The molecule has 0 saturated heterocycles. The van der Waals surface area contributed by atoms with Gasteiger partial charge in [0.2, 0.25) is 11.8 Å². The van der Waals surface area contributed by atoms with Crippen LogP contribution in [0.4, 0.5) is 5.69 Å². The molecule has 0 radical (unpaired) electrons. The summed E-state index contributed by atoms with van der Waals surface area (Å²) in [6.07, 6.45) is 0. The van der Waals surface area contributed by atoms with Crippen LogP contribution in [-0.2, 0) is 26.2 Å². The minimum absolute atomic E-state index is 0.0598. The third-order valence-corrected chi connectivity index (χ3v) is 8.17. The SMILES string of the molecule is CNC(=O)C(C)N(Cc1cccc(OC)c1)C(=O)CN(c1cccc(Br)c1)S(=O)(=O)c1ccc(C)cc1. The molecule has 8 nitrogen and oxygen atoms in total. The lowest BCUT2D eigenvalue weighted by atomic mass is 10.1. The Balaban J connectivity index is 2.03. The molecule has 0 aliphatic rings. The molecule has 0 aliphatic heterocycles. The normalized spacial score (nSPS) is 11.9. The lowest BCUT2D eigenvalue weighted by molar-refractivity contribution is -0.139. The number of amides is 2. The molecule has 1 atom stereocenters. The minimum Gasteiger partial charge on any atom is -0.497 e.